The number of non-ortho nitro benzene ring substituents is 1. The van der Waals surface area contributed by atoms with Gasteiger partial charge >= 0.3 is 0 Å². The third kappa shape index (κ3) is 6.00. The highest BCUT2D eigenvalue weighted by molar-refractivity contribution is 5.80. The molecule has 0 amide bonds. The molecule has 1 aromatic carbocycles. The highest BCUT2D eigenvalue weighted by Gasteiger charge is 2.15. The Hall–Kier alpha value is -2.41. The largest absolute Gasteiger partial charge is 0.376 e. The zero-order valence-corrected chi connectivity index (χ0v) is 14.0. The van der Waals surface area contributed by atoms with E-state index in [-0.39, 0.29) is 11.8 Å². The van der Waals surface area contributed by atoms with Crippen molar-refractivity contribution in [3.8, 4) is 0 Å². The van der Waals surface area contributed by atoms with Gasteiger partial charge in [-0.1, -0.05) is 24.3 Å². The fourth-order valence-electron chi connectivity index (χ4n) is 2.32. The van der Waals surface area contributed by atoms with Crippen molar-refractivity contribution >= 4 is 11.6 Å². The van der Waals surface area contributed by atoms with Crippen LogP contribution in [-0.4, -0.2) is 36.7 Å². The topological polar surface area (TPSA) is 88.8 Å². The number of nitro benzene ring substituents is 1. The molecule has 0 aromatic heterocycles. The van der Waals surface area contributed by atoms with E-state index in [1.807, 2.05) is 6.92 Å². The van der Waals surface area contributed by atoms with E-state index in [0.717, 1.165) is 30.6 Å². The highest BCUT2D eigenvalue weighted by Crippen LogP contribution is 2.13. The average Bonchev–Trinajstić information content (AvgIpc) is 3.07. The summed E-state index contributed by atoms with van der Waals surface area (Å²) in [6, 6.07) is 6.42. The molecule has 0 spiro atoms. The first-order chi connectivity index (χ1) is 11.5. The summed E-state index contributed by atoms with van der Waals surface area (Å²) in [5.74, 6) is 0.687. The van der Waals surface area contributed by atoms with Gasteiger partial charge in [-0.3, -0.25) is 10.1 Å². The fourth-order valence-corrected chi connectivity index (χ4v) is 2.32. The average molecular weight is 332 g/mol. The van der Waals surface area contributed by atoms with Crippen LogP contribution in [0, 0.1) is 10.1 Å². The SMILES string of the molecule is C=C(C)CNC(=NCc1ccc([N+](=O)[O-])cc1)NCC1CCCO1. The minimum atomic E-state index is -0.407. The molecule has 0 bridgehead atoms. The fraction of sp³-hybridized carbons (Fsp3) is 0.471. The molecule has 0 aliphatic carbocycles. The minimum absolute atomic E-state index is 0.0832. The molecule has 2 N–H and O–H groups in total. The predicted octanol–water partition coefficient (Wildman–Crippen LogP) is 2.39. The first kappa shape index (κ1) is 17.9. The van der Waals surface area contributed by atoms with Crippen LogP contribution in [0.25, 0.3) is 0 Å². The van der Waals surface area contributed by atoms with Gasteiger partial charge in [-0.25, -0.2) is 4.99 Å². The Morgan fingerprint density at radius 1 is 1.42 bits per heavy atom. The molecular formula is C17H24N4O3. The van der Waals surface area contributed by atoms with Gasteiger partial charge in [0.15, 0.2) is 5.96 Å². The van der Waals surface area contributed by atoms with Gasteiger partial charge in [0.25, 0.3) is 5.69 Å². The minimum Gasteiger partial charge on any atom is -0.376 e. The number of ether oxygens (including phenoxy) is 1. The van der Waals surface area contributed by atoms with E-state index < -0.39 is 4.92 Å². The van der Waals surface area contributed by atoms with Crippen LogP contribution in [0.2, 0.25) is 0 Å². The van der Waals surface area contributed by atoms with Crippen molar-refractivity contribution in [1.29, 1.82) is 0 Å². The van der Waals surface area contributed by atoms with Gasteiger partial charge in [-0.15, -0.1) is 0 Å². The van der Waals surface area contributed by atoms with Gasteiger partial charge in [0.2, 0.25) is 0 Å². The van der Waals surface area contributed by atoms with Crippen molar-refractivity contribution in [2.45, 2.75) is 32.4 Å². The number of guanidine groups is 1. The number of benzene rings is 1. The maximum Gasteiger partial charge on any atom is 0.269 e. The lowest BCUT2D eigenvalue weighted by atomic mass is 10.2. The first-order valence-corrected chi connectivity index (χ1v) is 8.06. The molecule has 1 aromatic rings. The van der Waals surface area contributed by atoms with E-state index in [0.29, 0.717) is 25.6 Å². The van der Waals surface area contributed by atoms with Crippen molar-refractivity contribution in [2.75, 3.05) is 19.7 Å². The van der Waals surface area contributed by atoms with Gasteiger partial charge in [0.05, 0.1) is 17.6 Å². The lowest BCUT2D eigenvalue weighted by Gasteiger charge is -2.15. The van der Waals surface area contributed by atoms with Gasteiger partial charge in [0.1, 0.15) is 0 Å². The molecule has 130 valence electrons. The highest BCUT2D eigenvalue weighted by atomic mass is 16.6. The molecule has 1 atom stereocenters. The van der Waals surface area contributed by atoms with Crippen molar-refractivity contribution in [3.05, 3.63) is 52.1 Å². The Morgan fingerprint density at radius 2 is 2.17 bits per heavy atom. The van der Waals surface area contributed by atoms with Crippen LogP contribution in [-0.2, 0) is 11.3 Å². The number of hydrogen-bond acceptors (Lipinski definition) is 4. The second kappa shape index (κ2) is 9.02. The molecule has 1 aliphatic heterocycles. The molecular weight excluding hydrogens is 308 g/mol. The predicted molar refractivity (Wildman–Crippen MR) is 94.0 cm³/mol. The summed E-state index contributed by atoms with van der Waals surface area (Å²) in [5.41, 5.74) is 2.01. The summed E-state index contributed by atoms with van der Waals surface area (Å²) in [7, 11) is 0. The van der Waals surface area contributed by atoms with Crippen molar-refractivity contribution in [3.63, 3.8) is 0 Å². The number of nitro groups is 1. The molecule has 0 radical (unpaired) electrons. The van der Waals surface area contributed by atoms with Crippen LogP contribution in [0.15, 0.2) is 41.4 Å². The number of hydrogen-bond donors (Lipinski definition) is 2. The second-order valence-electron chi connectivity index (χ2n) is 5.91. The van der Waals surface area contributed by atoms with Crippen molar-refractivity contribution in [2.24, 2.45) is 4.99 Å². The molecule has 24 heavy (non-hydrogen) atoms. The molecule has 1 unspecified atom stereocenters. The molecule has 1 fully saturated rings. The first-order valence-electron chi connectivity index (χ1n) is 8.06. The second-order valence-corrected chi connectivity index (χ2v) is 5.91. The van der Waals surface area contributed by atoms with Crippen LogP contribution >= 0.6 is 0 Å². The van der Waals surface area contributed by atoms with Crippen LogP contribution in [0.3, 0.4) is 0 Å². The van der Waals surface area contributed by atoms with E-state index >= 15 is 0 Å². The third-order valence-electron chi connectivity index (χ3n) is 3.65. The van der Waals surface area contributed by atoms with Gasteiger partial charge < -0.3 is 15.4 Å². The summed E-state index contributed by atoms with van der Waals surface area (Å²) in [5, 5.41) is 17.2. The van der Waals surface area contributed by atoms with E-state index in [9.17, 15) is 10.1 Å². The molecule has 1 aliphatic rings. The van der Waals surface area contributed by atoms with E-state index in [4.69, 9.17) is 4.74 Å². The van der Waals surface area contributed by atoms with E-state index in [1.165, 1.54) is 12.1 Å². The Labute approximate surface area is 142 Å². The maximum absolute atomic E-state index is 10.7. The van der Waals surface area contributed by atoms with Crippen LogP contribution in [0.4, 0.5) is 5.69 Å². The standard InChI is InChI=1S/C17H24N4O3/c1-13(2)10-18-17(20-12-16-4-3-9-24-16)19-11-14-5-7-15(8-6-14)21(22)23/h5-8,16H,1,3-4,9-12H2,2H3,(H2,18,19,20). The molecule has 7 nitrogen and oxygen atoms in total. The summed E-state index contributed by atoms with van der Waals surface area (Å²) < 4.78 is 5.60. The smallest absolute Gasteiger partial charge is 0.269 e. The Morgan fingerprint density at radius 3 is 2.75 bits per heavy atom. The van der Waals surface area contributed by atoms with Crippen molar-refractivity contribution in [1.82, 2.24) is 10.6 Å². The third-order valence-corrected chi connectivity index (χ3v) is 3.65. The number of rotatable bonds is 7. The quantitative estimate of drug-likeness (QED) is 0.263. The number of nitrogens with zero attached hydrogens (tertiary/aromatic N) is 2. The molecule has 1 saturated heterocycles. The van der Waals surface area contributed by atoms with Crippen LogP contribution < -0.4 is 10.6 Å². The van der Waals surface area contributed by atoms with Crippen LogP contribution in [0.1, 0.15) is 25.3 Å². The monoisotopic (exact) mass is 332 g/mol. The summed E-state index contributed by atoms with van der Waals surface area (Å²) in [6.45, 7) is 8.43. The van der Waals surface area contributed by atoms with E-state index in [2.05, 4.69) is 22.2 Å². The molecule has 2 rings (SSSR count). The lowest BCUT2D eigenvalue weighted by molar-refractivity contribution is -0.384. The number of aliphatic imine (C=N–C) groups is 1. The molecule has 7 heteroatoms. The lowest BCUT2D eigenvalue weighted by Crippen LogP contribution is -2.41. The maximum atomic E-state index is 10.7. The zero-order valence-electron chi connectivity index (χ0n) is 14.0. The normalized spacial score (nSPS) is 17.5. The summed E-state index contributed by atoms with van der Waals surface area (Å²) in [4.78, 5) is 14.8. The van der Waals surface area contributed by atoms with Gasteiger partial charge in [-0.05, 0) is 25.3 Å². The summed E-state index contributed by atoms with van der Waals surface area (Å²) >= 11 is 0. The number of nitrogens with one attached hydrogen (secondary N) is 2. The Bertz CT molecular complexity index is 592. The van der Waals surface area contributed by atoms with Crippen LogP contribution in [0.5, 0.6) is 0 Å². The molecule has 1 heterocycles. The molecule has 0 saturated carbocycles. The van der Waals surface area contributed by atoms with Gasteiger partial charge in [0, 0.05) is 31.8 Å². The van der Waals surface area contributed by atoms with E-state index in [1.54, 1.807) is 12.1 Å². The Kier molecular flexibility index (Phi) is 6.74. The summed E-state index contributed by atoms with van der Waals surface area (Å²) in [6.07, 6.45) is 2.38. The Balaban J connectivity index is 1.94. The van der Waals surface area contributed by atoms with Crippen molar-refractivity contribution < 1.29 is 9.66 Å². The van der Waals surface area contributed by atoms with Gasteiger partial charge in [-0.2, -0.15) is 0 Å². The zero-order chi connectivity index (χ0) is 17.4.